The standard InChI is InChI=1S/C15H26N2O4S/c16-14(19)13(9-18)17-22(20,21)2-1-15-6-10-3-11(7-15)5-12(4-10)8-15/h10-13,17-18H,1-9H2,(H2,16,19)/t10?,11?,12?,13-,15?/m0/s1. The van der Waals surface area contributed by atoms with Gasteiger partial charge in [-0.1, -0.05) is 0 Å². The van der Waals surface area contributed by atoms with Crippen LogP contribution in [-0.4, -0.2) is 37.8 Å². The van der Waals surface area contributed by atoms with Crippen LogP contribution in [0, 0.1) is 23.2 Å². The van der Waals surface area contributed by atoms with Crippen molar-refractivity contribution in [1.82, 2.24) is 4.72 Å². The normalized spacial score (nSPS) is 38.1. The fraction of sp³-hybridized carbons (Fsp3) is 0.933. The van der Waals surface area contributed by atoms with Crippen molar-refractivity contribution in [1.29, 1.82) is 0 Å². The summed E-state index contributed by atoms with van der Waals surface area (Å²) in [6, 6.07) is -1.22. The van der Waals surface area contributed by atoms with E-state index >= 15 is 0 Å². The van der Waals surface area contributed by atoms with Crippen LogP contribution in [0.5, 0.6) is 0 Å². The fourth-order valence-corrected chi connectivity index (χ4v) is 6.85. The fourth-order valence-electron chi connectivity index (χ4n) is 5.41. The molecule has 4 aliphatic rings. The predicted molar refractivity (Wildman–Crippen MR) is 82.2 cm³/mol. The zero-order valence-electron chi connectivity index (χ0n) is 12.8. The number of primary amides is 1. The topological polar surface area (TPSA) is 109 Å². The lowest BCUT2D eigenvalue weighted by atomic mass is 9.49. The predicted octanol–water partition coefficient (Wildman–Crippen LogP) is 0.358. The van der Waals surface area contributed by atoms with E-state index in [-0.39, 0.29) is 11.2 Å². The summed E-state index contributed by atoms with van der Waals surface area (Å²) in [6.45, 7) is -0.605. The second-order valence-corrected chi connectivity index (χ2v) is 9.62. The molecule has 4 N–H and O–H groups in total. The van der Waals surface area contributed by atoms with Gasteiger partial charge in [0.05, 0.1) is 12.4 Å². The quantitative estimate of drug-likeness (QED) is 0.626. The first-order chi connectivity index (χ1) is 10.3. The summed E-state index contributed by atoms with van der Waals surface area (Å²) in [5.41, 5.74) is 5.26. The van der Waals surface area contributed by atoms with Crippen molar-refractivity contribution < 1.29 is 18.3 Å². The Kier molecular flexibility index (Phi) is 4.24. The Morgan fingerprint density at radius 1 is 1.18 bits per heavy atom. The zero-order valence-corrected chi connectivity index (χ0v) is 13.6. The molecule has 6 nitrogen and oxygen atoms in total. The molecule has 0 spiro atoms. The first-order valence-electron chi connectivity index (χ1n) is 8.21. The van der Waals surface area contributed by atoms with Crippen LogP contribution in [0.2, 0.25) is 0 Å². The average molecular weight is 330 g/mol. The summed E-state index contributed by atoms with van der Waals surface area (Å²) < 4.78 is 26.6. The summed E-state index contributed by atoms with van der Waals surface area (Å²) in [4.78, 5) is 11.1. The van der Waals surface area contributed by atoms with Crippen LogP contribution in [0.4, 0.5) is 0 Å². The molecule has 0 saturated heterocycles. The van der Waals surface area contributed by atoms with E-state index in [4.69, 9.17) is 10.8 Å². The van der Waals surface area contributed by atoms with E-state index in [0.29, 0.717) is 6.42 Å². The van der Waals surface area contributed by atoms with Crippen LogP contribution >= 0.6 is 0 Å². The number of aliphatic hydroxyl groups excluding tert-OH is 1. The third kappa shape index (κ3) is 3.31. The third-order valence-corrected chi connectivity index (χ3v) is 7.30. The number of hydrogen-bond donors (Lipinski definition) is 3. The SMILES string of the molecule is NC(=O)[C@H](CO)NS(=O)(=O)CCC12CC3CC(CC(C3)C1)C2. The van der Waals surface area contributed by atoms with Gasteiger partial charge in [-0.15, -0.1) is 0 Å². The Hall–Kier alpha value is -0.660. The molecule has 0 aromatic rings. The molecule has 4 saturated carbocycles. The van der Waals surface area contributed by atoms with E-state index < -0.39 is 28.6 Å². The number of amides is 1. The second-order valence-electron chi connectivity index (χ2n) is 7.74. The highest BCUT2D eigenvalue weighted by Gasteiger charge is 2.50. The molecule has 0 radical (unpaired) electrons. The summed E-state index contributed by atoms with van der Waals surface area (Å²) in [5, 5.41) is 9.03. The highest BCUT2D eigenvalue weighted by molar-refractivity contribution is 7.89. The molecule has 1 atom stereocenters. The van der Waals surface area contributed by atoms with Crippen molar-refractivity contribution in [3.05, 3.63) is 0 Å². The maximum atomic E-state index is 12.2. The summed E-state index contributed by atoms with van der Waals surface area (Å²) in [7, 11) is -3.59. The van der Waals surface area contributed by atoms with Crippen molar-refractivity contribution in [2.45, 2.75) is 51.0 Å². The molecule has 0 aromatic heterocycles. The number of nitrogens with one attached hydrogen (secondary N) is 1. The summed E-state index contributed by atoms with van der Waals surface area (Å²) in [6.07, 6.45) is 8.13. The van der Waals surface area contributed by atoms with Crippen molar-refractivity contribution in [2.24, 2.45) is 28.9 Å². The first-order valence-corrected chi connectivity index (χ1v) is 9.86. The van der Waals surface area contributed by atoms with Gasteiger partial charge in [-0.25, -0.2) is 13.1 Å². The van der Waals surface area contributed by atoms with E-state index in [0.717, 1.165) is 37.0 Å². The molecule has 7 heteroatoms. The molecule has 0 aliphatic heterocycles. The van der Waals surface area contributed by atoms with Crippen molar-refractivity contribution in [3.63, 3.8) is 0 Å². The van der Waals surface area contributed by atoms with Crippen molar-refractivity contribution >= 4 is 15.9 Å². The number of hydrogen-bond acceptors (Lipinski definition) is 4. The van der Waals surface area contributed by atoms with Crippen LogP contribution in [0.15, 0.2) is 0 Å². The first kappa shape index (κ1) is 16.2. The molecular formula is C15H26N2O4S. The minimum Gasteiger partial charge on any atom is -0.394 e. The van der Waals surface area contributed by atoms with Gasteiger partial charge in [0.2, 0.25) is 15.9 Å². The van der Waals surface area contributed by atoms with Gasteiger partial charge in [-0.3, -0.25) is 4.79 Å². The molecule has 4 rings (SSSR count). The van der Waals surface area contributed by atoms with Crippen molar-refractivity contribution in [3.8, 4) is 0 Å². The van der Waals surface area contributed by atoms with Crippen molar-refractivity contribution in [2.75, 3.05) is 12.4 Å². The van der Waals surface area contributed by atoms with Gasteiger partial charge in [-0.05, 0) is 68.1 Å². The third-order valence-electron chi connectivity index (χ3n) is 5.91. The van der Waals surface area contributed by atoms with Crippen LogP contribution in [0.3, 0.4) is 0 Å². The van der Waals surface area contributed by atoms with Gasteiger partial charge < -0.3 is 10.8 Å². The van der Waals surface area contributed by atoms with Crippen LogP contribution < -0.4 is 10.5 Å². The molecule has 1 amide bonds. The van der Waals surface area contributed by atoms with E-state index in [1.54, 1.807) is 0 Å². The zero-order chi connectivity index (χ0) is 16.0. The maximum absolute atomic E-state index is 12.2. The molecule has 0 unspecified atom stereocenters. The Morgan fingerprint density at radius 3 is 2.09 bits per heavy atom. The molecule has 0 aromatic carbocycles. The Morgan fingerprint density at radius 2 is 1.68 bits per heavy atom. The lowest BCUT2D eigenvalue weighted by Crippen LogP contribution is -2.49. The highest BCUT2D eigenvalue weighted by atomic mass is 32.2. The summed E-state index contributed by atoms with van der Waals surface area (Å²) >= 11 is 0. The Labute approximate surface area is 131 Å². The summed E-state index contributed by atoms with van der Waals surface area (Å²) in [5.74, 6) is 1.54. The van der Waals surface area contributed by atoms with E-state index in [9.17, 15) is 13.2 Å². The lowest BCUT2D eigenvalue weighted by molar-refractivity contribution is -0.120. The molecule has 0 heterocycles. The minimum absolute atomic E-state index is 0.0168. The molecule has 126 valence electrons. The van der Waals surface area contributed by atoms with E-state index in [1.165, 1.54) is 19.3 Å². The number of rotatable bonds is 7. The number of aliphatic hydroxyl groups is 1. The molecule has 4 bridgehead atoms. The Bertz CT molecular complexity index is 510. The van der Waals surface area contributed by atoms with Gasteiger partial charge in [0.25, 0.3) is 0 Å². The number of carbonyl (C=O) groups is 1. The number of sulfonamides is 1. The average Bonchev–Trinajstić information content (AvgIpc) is 2.41. The molecular weight excluding hydrogens is 304 g/mol. The van der Waals surface area contributed by atoms with E-state index in [2.05, 4.69) is 4.72 Å². The molecule has 4 fully saturated rings. The molecule has 4 aliphatic carbocycles. The van der Waals surface area contributed by atoms with Gasteiger partial charge in [-0.2, -0.15) is 0 Å². The monoisotopic (exact) mass is 330 g/mol. The van der Waals surface area contributed by atoms with Gasteiger partial charge in [0, 0.05) is 0 Å². The maximum Gasteiger partial charge on any atom is 0.237 e. The van der Waals surface area contributed by atoms with Crippen LogP contribution in [0.25, 0.3) is 0 Å². The van der Waals surface area contributed by atoms with Gasteiger partial charge in [0.1, 0.15) is 6.04 Å². The minimum atomic E-state index is -3.59. The second kappa shape index (κ2) is 5.76. The van der Waals surface area contributed by atoms with Crippen LogP contribution in [0.1, 0.15) is 44.9 Å². The Balaban J connectivity index is 1.61. The number of nitrogens with two attached hydrogens (primary N) is 1. The molecule has 22 heavy (non-hydrogen) atoms. The smallest absolute Gasteiger partial charge is 0.237 e. The van der Waals surface area contributed by atoms with Crippen LogP contribution in [-0.2, 0) is 14.8 Å². The van der Waals surface area contributed by atoms with Gasteiger partial charge >= 0.3 is 0 Å². The lowest BCUT2D eigenvalue weighted by Gasteiger charge is -2.57. The largest absolute Gasteiger partial charge is 0.394 e. The van der Waals surface area contributed by atoms with Gasteiger partial charge in [0.15, 0.2) is 0 Å². The van der Waals surface area contributed by atoms with E-state index in [1.807, 2.05) is 0 Å². The number of carbonyl (C=O) groups excluding carboxylic acids is 1. The highest BCUT2D eigenvalue weighted by Crippen LogP contribution is 2.61.